The van der Waals surface area contributed by atoms with Gasteiger partial charge in [0.2, 0.25) is 29.5 Å². The molecular formula is C18H22O8S2. The van der Waals surface area contributed by atoms with E-state index in [2.05, 4.69) is 0 Å². The predicted molar refractivity (Wildman–Crippen MR) is 101 cm³/mol. The molecule has 2 rings (SSSR count). The van der Waals surface area contributed by atoms with E-state index in [0.29, 0.717) is 11.1 Å². The van der Waals surface area contributed by atoms with Gasteiger partial charge in [-0.25, -0.2) is 16.8 Å². The van der Waals surface area contributed by atoms with Gasteiger partial charge in [-0.2, -0.15) is 0 Å². The number of aliphatic hydroxyl groups is 4. The number of rotatable bonds is 7. The van der Waals surface area contributed by atoms with Gasteiger partial charge in [0.1, 0.15) is 0 Å². The van der Waals surface area contributed by atoms with Gasteiger partial charge in [-0.3, -0.25) is 0 Å². The van der Waals surface area contributed by atoms with E-state index in [1.54, 1.807) is 13.8 Å². The lowest BCUT2D eigenvalue weighted by molar-refractivity contribution is -0.0943. The Hall–Kier alpha value is -1.82. The topological polar surface area (TPSA) is 149 Å². The molecule has 2 aromatic rings. The van der Waals surface area contributed by atoms with Gasteiger partial charge in [-0.1, -0.05) is 35.4 Å². The third-order valence-corrected chi connectivity index (χ3v) is 9.22. The molecule has 154 valence electrons. The van der Waals surface area contributed by atoms with Crippen molar-refractivity contribution >= 4 is 19.7 Å². The molecule has 0 aliphatic carbocycles. The number of aryl methyl sites for hydroxylation is 2. The van der Waals surface area contributed by atoms with Crippen LogP contribution in [0.3, 0.4) is 0 Å². The van der Waals surface area contributed by atoms with Crippen LogP contribution < -0.4 is 0 Å². The van der Waals surface area contributed by atoms with Gasteiger partial charge in [0, 0.05) is 0 Å². The standard InChI is InChI=1S/C18H22O8S2/c1-13-3-7-15(8-4-13)27(23,24)17(21,11-19)18(22,12-20)28(25,26)16-9-5-14(2)6-10-16/h3-10,19-22H,11-12H2,1-2H3/t17-,18-/m0/s1. The van der Waals surface area contributed by atoms with Crippen LogP contribution in [0.5, 0.6) is 0 Å². The SMILES string of the molecule is Cc1ccc(S(=O)(=O)[C@@](O)(CO)[C@](O)(CO)S(=O)(=O)c2ccc(C)cc2)cc1. The van der Waals surface area contributed by atoms with Crippen LogP contribution in [0.1, 0.15) is 11.1 Å². The molecule has 2 aromatic carbocycles. The molecule has 0 spiro atoms. The zero-order valence-electron chi connectivity index (χ0n) is 15.3. The minimum atomic E-state index is -5.02. The van der Waals surface area contributed by atoms with Gasteiger partial charge in [-0.15, -0.1) is 0 Å². The first-order valence-electron chi connectivity index (χ1n) is 8.16. The van der Waals surface area contributed by atoms with E-state index < -0.39 is 52.5 Å². The molecule has 0 saturated heterocycles. The first-order chi connectivity index (χ1) is 12.9. The minimum Gasteiger partial charge on any atom is -0.392 e. The highest BCUT2D eigenvalue weighted by Crippen LogP contribution is 2.39. The fraction of sp³-hybridized carbons (Fsp3) is 0.333. The molecule has 28 heavy (non-hydrogen) atoms. The lowest BCUT2D eigenvalue weighted by Gasteiger charge is -2.39. The second-order valence-electron chi connectivity index (χ2n) is 6.52. The maximum atomic E-state index is 13.0. The molecule has 0 aromatic heterocycles. The Morgan fingerprint density at radius 3 is 1.11 bits per heavy atom. The van der Waals surface area contributed by atoms with Crippen molar-refractivity contribution in [2.75, 3.05) is 13.2 Å². The summed E-state index contributed by atoms with van der Waals surface area (Å²) >= 11 is 0. The Kier molecular flexibility index (Phi) is 6.05. The molecule has 0 radical (unpaired) electrons. The van der Waals surface area contributed by atoms with Crippen LogP contribution in [-0.2, 0) is 19.7 Å². The summed E-state index contributed by atoms with van der Waals surface area (Å²) in [7, 11) is -10.0. The molecule has 0 heterocycles. The van der Waals surface area contributed by atoms with Gasteiger partial charge in [-0.05, 0) is 38.1 Å². The van der Waals surface area contributed by atoms with Crippen LogP contribution in [0.15, 0.2) is 58.3 Å². The van der Waals surface area contributed by atoms with E-state index in [1.165, 1.54) is 24.3 Å². The van der Waals surface area contributed by atoms with E-state index >= 15 is 0 Å². The third-order valence-electron chi connectivity index (χ3n) is 4.59. The van der Waals surface area contributed by atoms with Gasteiger partial charge in [0.15, 0.2) is 0 Å². The minimum absolute atomic E-state index is 0.527. The number of benzene rings is 2. The molecule has 0 bridgehead atoms. The smallest absolute Gasteiger partial charge is 0.240 e. The molecule has 0 fully saturated rings. The van der Waals surface area contributed by atoms with Crippen LogP contribution >= 0.6 is 0 Å². The first kappa shape index (κ1) is 22.5. The van der Waals surface area contributed by atoms with Gasteiger partial charge in [0.25, 0.3) is 0 Å². The van der Waals surface area contributed by atoms with Crippen molar-refractivity contribution < 1.29 is 37.3 Å². The Labute approximate surface area is 163 Å². The van der Waals surface area contributed by atoms with Crippen molar-refractivity contribution in [1.29, 1.82) is 0 Å². The Morgan fingerprint density at radius 2 is 0.893 bits per heavy atom. The quantitative estimate of drug-likeness (QED) is 0.476. The largest absolute Gasteiger partial charge is 0.392 e. The zero-order chi connectivity index (χ0) is 21.4. The Balaban J connectivity index is 2.75. The van der Waals surface area contributed by atoms with E-state index in [1.807, 2.05) is 0 Å². The molecule has 4 N–H and O–H groups in total. The van der Waals surface area contributed by atoms with Crippen molar-refractivity contribution in [3.8, 4) is 0 Å². The zero-order valence-corrected chi connectivity index (χ0v) is 16.9. The fourth-order valence-corrected chi connectivity index (χ4v) is 6.40. The predicted octanol–water partition coefficient (Wildman–Crippen LogP) is -0.0872. The fourth-order valence-electron chi connectivity index (χ4n) is 2.66. The van der Waals surface area contributed by atoms with Crippen LogP contribution in [-0.4, -0.2) is 60.3 Å². The normalized spacial score (nSPS) is 16.9. The average Bonchev–Trinajstić information content (AvgIpc) is 2.66. The summed E-state index contributed by atoms with van der Waals surface area (Å²) in [6.07, 6.45) is 0. The molecule has 0 unspecified atom stereocenters. The number of sulfone groups is 2. The summed E-state index contributed by atoms with van der Waals surface area (Å²) in [4.78, 5) is -8.32. The van der Waals surface area contributed by atoms with Gasteiger partial charge in [0.05, 0.1) is 23.0 Å². The van der Waals surface area contributed by atoms with E-state index in [0.717, 1.165) is 24.3 Å². The van der Waals surface area contributed by atoms with Crippen LogP contribution in [0.25, 0.3) is 0 Å². The molecule has 10 heteroatoms. The van der Waals surface area contributed by atoms with E-state index in [9.17, 15) is 37.3 Å². The molecule has 0 amide bonds. The highest BCUT2D eigenvalue weighted by molar-refractivity contribution is 7.97. The van der Waals surface area contributed by atoms with Crippen molar-refractivity contribution in [1.82, 2.24) is 0 Å². The summed E-state index contributed by atoms with van der Waals surface area (Å²) in [5.74, 6) is 0. The van der Waals surface area contributed by atoms with Crippen molar-refractivity contribution in [3.05, 3.63) is 59.7 Å². The monoisotopic (exact) mass is 430 g/mol. The molecule has 2 atom stereocenters. The summed E-state index contributed by atoms with van der Waals surface area (Å²) in [6, 6.07) is 9.99. The summed E-state index contributed by atoms with van der Waals surface area (Å²) in [6.45, 7) is 0.0117. The highest BCUT2D eigenvalue weighted by Gasteiger charge is 2.66. The molecule has 0 aliphatic rings. The maximum Gasteiger partial charge on any atom is 0.240 e. The first-order valence-corrected chi connectivity index (χ1v) is 11.1. The van der Waals surface area contributed by atoms with Gasteiger partial charge < -0.3 is 20.4 Å². The molecule has 8 nitrogen and oxygen atoms in total. The summed E-state index contributed by atoms with van der Waals surface area (Å²) < 4.78 is 52.0. The van der Waals surface area contributed by atoms with Crippen molar-refractivity contribution in [2.24, 2.45) is 0 Å². The second kappa shape index (κ2) is 7.54. The van der Waals surface area contributed by atoms with E-state index in [4.69, 9.17) is 0 Å². The Morgan fingerprint density at radius 1 is 0.643 bits per heavy atom. The molecule has 0 saturated carbocycles. The highest BCUT2D eigenvalue weighted by atomic mass is 32.2. The Bertz CT molecular complexity index is 956. The summed E-state index contributed by atoms with van der Waals surface area (Å²) in [5, 5.41) is 41.0. The lowest BCUT2D eigenvalue weighted by atomic mass is 10.2. The van der Waals surface area contributed by atoms with Crippen molar-refractivity contribution in [3.63, 3.8) is 0 Å². The summed E-state index contributed by atoms with van der Waals surface area (Å²) in [5.41, 5.74) is 1.38. The van der Waals surface area contributed by atoms with Crippen LogP contribution in [0.4, 0.5) is 0 Å². The third kappa shape index (κ3) is 3.25. The number of hydrogen-bond donors (Lipinski definition) is 4. The molecule has 0 aliphatic heterocycles. The van der Waals surface area contributed by atoms with Crippen LogP contribution in [0, 0.1) is 13.8 Å². The maximum absolute atomic E-state index is 13.0. The van der Waals surface area contributed by atoms with Crippen LogP contribution in [0.2, 0.25) is 0 Å². The van der Waals surface area contributed by atoms with E-state index in [-0.39, 0.29) is 0 Å². The number of aliphatic hydroxyl groups excluding tert-OH is 2. The van der Waals surface area contributed by atoms with Gasteiger partial charge >= 0.3 is 0 Å². The molecular weight excluding hydrogens is 408 g/mol. The number of hydrogen-bond acceptors (Lipinski definition) is 8. The van der Waals surface area contributed by atoms with Crippen molar-refractivity contribution in [2.45, 2.75) is 33.5 Å². The second-order valence-corrected chi connectivity index (χ2v) is 10.8. The average molecular weight is 431 g/mol. The lowest BCUT2D eigenvalue weighted by Crippen LogP contribution is -2.67.